The minimum absolute atomic E-state index is 0.884. The van der Waals surface area contributed by atoms with Crippen molar-refractivity contribution in [2.24, 2.45) is 5.92 Å². The van der Waals surface area contributed by atoms with Crippen molar-refractivity contribution in [1.82, 2.24) is 0 Å². The van der Waals surface area contributed by atoms with Crippen LogP contribution in [0.5, 0.6) is 0 Å². The number of hydrogen-bond donors (Lipinski definition) is 0. The summed E-state index contributed by atoms with van der Waals surface area (Å²) >= 11 is 2.94. The largest absolute Gasteiger partial charge is 0.0966 e. The lowest BCUT2D eigenvalue weighted by molar-refractivity contribution is 0.626. The van der Waals surface area contributed by atoms with E-state index in [4.69, 9.17) is 0 Å². The molecule has 46 valence electrons. The summed E-state index contributed by atoms with van der Waals surface area (Å²) in [6.45, 7) is 6.64. The highest BCUT2D eigenvalue weighted by molar-refractivity contribution is 9.08. The first-order chi connectivity index (χ1) is 3.27. The van der Waals surface area contributed by atoms with E-state index in [1.165, 1.54) is 6.42 Å². The Kier molecular flexibility index (Phi) is 14.5. The zero-order chi connectivity index (χ0) is 6.28. The molecule has 0 aliphatic rings. The normalized spacial score (nSPS) is 7.71. The predicted octanol–water partition coefficient (Wildman–Crippen LogP) is 3.06. The van der Waals surface area contributed by atoms with Gasteiger partial charge in [-0.1, -0.05) is 43.1 Å². The van der Waals surface area contributed by atoms with Crippen molar-refractivity contribution in [1.29, 1.82) is 0 Å². The summed E-state index contributed by atoms with van der Waals surface area (Å²) in [5, 5.41) is 0. The molecule has 0 spiro atoms. The number of rotatable bonds is 1. The van der Waals surface area contributed by atoms with Gasteiger partial charge in [0.25, 0.3) is 0 Å². The molecule has 0 aliphatic carbocycles. The predicted molar refractivity (Wildman–Crippen MR) is 40.0 cm³/mol. The minimum atomic E-state index is 0.884. The van der Waals surface area contributed by atoms with Gasteiger partial charge >= 0.3 is 0 Å². The molecule has 7 heavy (non-hydrogen) atoms. The third-order valence-corrected chi connectivity index (χ3v) is 0.816. The lowest BCUT2D eigenvalue weighted by Crippen LogP contribution is -1.77. The van der Waals surface area contributed by atoms with Crippen LogP contribution in [-0.2, 0) is 0 Å². The third-order valence-electron chi connectivity index (χ3n) is 0.816. The van der Waals surface area contributed by atoms with Crippen molar-refractivity contribution < 1.29 is 0 Å². The van der Waals surface area contributed by atoms with Gasteiger partial charge in [0, 0.05) is 0 Å². The zero-order valence-corrected chi connectivity index (χ0v) is 7.25. The maximum absolute atomic E-state index is 2.94. The van der Waals surface area contributed by atoms with Crippen LogP contribution in [0, 0.1) is 5.92 Å². The fourth-order valence-corrected chi connectivity index (χ4v) is 0. The highest BCUT2D eigenvalue weighted by Gasteiger charge is 1.80. The van der Waals surface area contributed by atoms with E-state index in [0.29, 0.717) is 0 Å². The molecule has 0 radical (unpaired) electrons. The summed E-state index contributed by atoms with van der Waals surface area (Å²) in [4.78, 5) is 0. The van der Waals surface area contributed by atoms with Crippen LogP contribution in [0.25, 0.3) is 0 Å². The van der Waals surface area contributed by atoms with E-state index in [1.807, 2.05) is 5.83 Å². The van der Waals surface area contributed by atoms with Gasteiger partial charge in [-0.2, -0.15) is 0 Å². The second kappa shape index (κ2) is 9.70. The topological polar surface area (TPSA) is 0 Å². The smallest absolute Gasteiger partial charge is 0.00848 e. The molecule has 0 aromatic carbocycles. The molecule has 0 nitrogen and oxygen atoms in total. The summed E-state index contributed by atoms with van der Waals surface area (Å²) in [5.41, 5.74) is 0. The molecule has 0 N–H and O–H groups in total. The molecule has 1 heteroatoms. The maximum atomic E-state index is 2.94. The summed E-state index contributed by atoms with van der Waals surface area (Å²) in [7, 11) is 0. The summed E-state index contributed by atoms with van der Waals surface area (Å²) in [6.07, 6.45) is 1.31. The Morgan fingerprint density at radius 3 is 1.43 bits per heavy atom. The highest BCUT2D eigenvalue weighted by atomic mass is 79.9. The summed E-state index contributed by atoms with van der Waals surface area (Å²) in [6, 6.07) is 0. The first kappa shape index (κ1) is 10.5. The van der Waals surface area contributed by atoms with Crippen molar-refractivity contribution in [3.8, 4) is 0 Å². The summed E-state index contributed by atoms with van der Waals surface area (Å²) < 4.78 is 0. The van der Waals surface area contributed by atoms with E-state index in [-0.39, 0.29) is 0 Å². The molecule has 0 fully saturated rings. The Labute approximate surface area is 55.4 Å². The zero-order valence-electron chi connectivity index (χ0n) is 5.66. The van der Waals surface area contributed by atoms with Crippen LogP contribution >= 0.6 is 15.9 Å². The molecule has 0 saturated heterocycles. The fourth-order valence-electron chi connectivity index (χ4n) is 0. The van der Waals surface area contributed by atoms with E-state index in [2.05, 4.69) is 36.7 Å². The van der Waals surface area contributed by atoms with Crippen molar-refractivity contribution >= 4 is 15.9 Å². The van der Waals surface area contributed by atoms with E-state index in [0.717, 1.165) is 5.92 Å². The third kappa shape index (κ3) is 21.1. The van der Waals surface area contributed by atoms with Gasteiger partial charge in [0.1, 0.15) is 0 Å². The SMILES string of the molecule is CBr.CCC(C)C. The van der Waals surface area contributed by atoms with Crippen molar-refractivity contribution in [3.63, 3.8) is 0 Å². The quantitative estimate of drug-likeness (QED) is 0.526. The molecule has 0 atom stereocenters. The maximum Gasteiger partial charge on any atom is -0.00848 e. The fraction of sp³-hybridized carbons (Fsp3) is 1.00. The van der Waals surface area contributed by atoms with Gasteiger partial charge in [-0.15, -0.1) is 0 Å². The molecule has 0 amide bonds. The van der Waals surface area contributed by atoms with Gasteiger partial charge in [-0.25, -0.2) is 0 Å². The summed E-state index contributed by atoms with van der Waals surface area (Å²) in [5.74, 6) is 2.70. The van der Waals surface area contributed by atoms with E-state index < -0.39 is 0 Å². The van der Waals surface area contributed by atoms with Crippen LogP contribution < -0.4 is 0 Å². The molecular formula is C6H15Br. The first-order valence-electron chi connectivity index (χ1n) is 2.65. The van der Waals surface area contributed by atoms with E-state index in [9.17, 15) is 0 Å². The van der Waals surface area contributed by atoms with Gasteiger partial charge in [-0.05, 0) is 11.8 Å². The monoisotopic (exact) mass is 166 g/mol. The Morgan fingerprint density at radius 2 is 1.43 bits per heavy atom. The van der Waals surface area contributed by atoms with Gasteiger partial charge in [-0.3, -0.25) is 0 Å². The molecule has 0 aromatic heterocycles. The molecule has 0 bridgehead atoms. The van der Waals surface area contributed by atoms with Crippen LogP contribution in [-0.4, -0.2) is 5.83 Å². The standard InChI is InChI=1S/C5H12.CH3Br/c1-4-5(2)3;1-2/h5H,4H2,1-3H3;1H3. The van der Waals surface area contributed by atoms with Gasteiger partial charge < -0.3 is 0 Å². The Morgan fingerprint density at radius 1 is 1.29 bits per heavy atom. The van der Waals surface area contributed by atoms with Crippen LogP contribution in [0.2, 0.25) is 0 Å². The van der Waals surface area contributed by atoms with Gasteiger partial charge in [0.15, 0.2) is 0 Å². The lowest BCUT2D eigenvalue weighted by atomic mass is 10.2. The minimum Gasteiger partial charge on any atom is -0.0966 e. The van der Waals surface area contributed by atoms with Gasteiger partial charge in [0.2, 0.25) is 0 Å². The molecular weight excluding hydrogens is 152 g/mol. The van der Waals surface area contributed by atoms with Crippen LogP contribution in [0.3, 0.4) is 0 Å². The molecule has 0 aromatic rings. The highest BCUT2D eigenvalue weighted by Crippen LogP contribution is 1.93. The van der Waals surface area contributed by atoms with Crippen molar-refractivity contribution in [2.75, 3.05) is 5.83 Å². The molecule has 0 aliphatic heterocycles. The number of halogens is 1. The van der Waals surface area contributed by atoms with E-state index in [1.54, 1.807) is 0 Å². The average Bonchev–Trinajstić information content (AvgIpc) is 1.73. The van der Waals surface area contributed by atoms with E-state index >= 15 is 0 Å². The second-order valence-electron chi connectivity index (χ2n) is 1.80. The lowest BCUT2D eigenvalue weighted by Gasteiger charge is -1.90. The van der Waals surface area contributed by atoms with Crippen molar-refractivity contribution in [3.05, 3.63) is 0 Å². The molecule has 0 saturated carbocycles. The second-order valence-corrected chi connectivity index (χ2v) is 1.80. The average molecular weight is 167 g/mol. The van der Waals surface area contributed by atoms with Gasteiger partial charge in [0.05, 0.1) is 0 Å². The van der Waals surface area contributed by atoms with Crippen LogP contribution in [0.1, 0.15) is 27.2 Å². The molecule has 0 heterocycles. The number of alkyl halides is 1. The van der Waals surface area contributed by atoms with Crippen LogP contribution in [0.15, 0.2) is 0 Å². The molecule has 0 rings (SSSR count). The Bertz CT molecular complexity index is 18.1. The van der Waals surface area contributed by atoms with Crippen LogP contribution in [0.4, 0.5) is 0 Å². The number of hydrogen-bond acceptors (Lipinski definition) is 0. The Balaban J connectivity index is 0. The molecule has 0 unspecified atom stereocenters. The first-order valence-corrected chi connectivity index (χ1v) is 4.23. The Hall–Kier alpha value is 0.480. The van der Waals surface area contributed by atoms with Crippen molar-refractivity contribution in [2.45, 2.75) is 27.2 Å².